The fourth-order valence-electron chi connectivity index (χ4n) is 5.12. The molecule has 0 bridgehead atoms. The Morgan fingerprint density at radius 1 is 1.19 bits per heavy atom. The van der Waals surface area contributed by atoms with Crippen LogP contribution >= 0.6 is 0 Å². The highest BCUT2D eigenvalue weighted by Crippen LogP contribution is 2.42. The number of carbonyl (C=O) groups excluding carboxylic acids is 1. The summed E-state index contributed by atoms with van der Waals surface area (Å²) in [6, 6.07) is 2.57. The van der Waals surface area contributed by atoms with E-state index in [1.54, 1.807) is 0 Å². The van der Waals surface area contributed by atoms with Crippen LogP contribution < -0.4 is 4.90 Å². The molecule has 1 unspecified atom stereocenters. The molecule has 4 heterocycles. The summed E-state index contributed by atoms with van der Waals surface area (Å²) in [5.41, 5.74) is 1.43. The average Bonchev–Trinajstić information content (AvgIpc) is 3.10. The van der Waals surface area contributed by atoms with Crippen molar-refractivity contribution in [1.29, 1.82) is 0 Å². The van der Waals surface area contributed by atoms with Gasteiger partial charge in [-0.15, -0.1) is 0 Å². The van der Waals surface area contributed by atoms with E-state index in [1.165, 1.54) is 0 Å². The molecule has 0 radical (unpaired) electrons. The van der Waals surface area contributed by atoms with E-state index in [-0.39, 0.29) is 0 Å². The second-order valence-corrected chi connectivity index (χ2v) is 8.83. The highest BCUT2D eigenvalue weighted by molar-refractivity contribution is 5.77. The fraction of sp³-hybridized carbons (Fsp3) is 0.762. The van der Waals surface area contributed by atoms with E-state index in [0.717, 1.165) is 88.6 Å². The maximum Gasteiger partial charge on any atom is 0.222 e. The van der Waals surface area contributed by atoms with Gasteiger partial charge in [-0.25, -0.2) is 9.97 Å². The molecule has 3 saturated heterocycles. The normalized spacial score (nSPS) is 26.2. The van der Waals surface area contributed by atoms with Gasteiger partial charge in [-0.2, -0.15) is 0 Å². The van der Waals surface area contributed by atoms with Crippen LogP contribution in [0.15, 0.2) is 6.07 Å². The fourth-order valence-corrected chi connectivity index (χ4v) is 5.12. The summed E-state index contributed by atoms with van der Waals surface area (Å²) in [7, 11) is 2.16. The second-order valence-electron chi connectivity index (χ2n) is 8.83. The molecule has 27 heavy (non-hydrogen) atoms. The number of aryl methyl sites for hydroxylation is 2. The third-order valence-corrected chi connectivity index (χ3v) is 6.89. The molecular weight excluding hydrogens is 338 g/mol. The predicted octanol–water partition coefficient (Wildman–Crippen LogP) is 2.26. The summed E-state index contributed by atoms with van der Waals surface area (Å²) in [5, 5.41) is 0. The van der Waals surface area contributed by atoms with Crippen molar-refractivity contribution in [1.82, 2.24) is 19.8 Å². The number of anilines is 1. The second kappa shape index (κ2) is 7.38. The molecule has 3 fully saturated rings. The molecule has 1 spiro atoms. The summed E-state index contributed by atoms with van der Waals surface area (Å²) in [6.07, 6.45) is 6.17. The van der Waals surface area contributed by atoms with Crippen LogP contribution in [0.1, 0.15) is 50.5 Å². The van der Waals surface area contributed by atoms with E-state index in [9.17, 15) is 4.79 Å². The molecule has 0 saturated carbocycles. The van der Waals surface area contributed by atoms with Crippen molar-refractivity contribution in [3.63, 3.8) is 0 Å². The Hall–Kier alpha value is -1.69. The van der Waals surface area contributed by atoms with Gasteiger partial charge in [-0.3, -0.25) is 4.79 Å². The van der Waals surface area contributed by atoms with Crippen molar-refractivity contribution in [2.45, 2.75) is 58.4 Å². The SMILES string of the molecule is CCc1cc(N2CCC3(CCC(=O)N(C4CCN(C)C4)C3)CC2)nc(C)n1. The summed E-state index contributed by atoms with van der Waals surface area (Å²) in [5.74, 6) is 2.32. The van der Waals surface area contributed by atoms with Crippen LogP contribution in [0, 0.1) is 12.3 Å². The van der Waals surface area contributed by atoms with Gasteiger partial charge >= 0.3 is 0 Å². The van der Waals surface area contributed by atoms with Gasteiger partial charge in [0.05, 0.1) is 0 Å². The van der Waals surface area contributed by atoms with Gasteiger partial charge in [0.25, 0.3) is 0 Å². The number of carbonyl (C=O) groups is 1. The number of hydrogen-bond acceptors (Lipinski definition) is 5. The minimum atomic E-state index is 0.307. The van der Waals surface area contributed by atoms with Crippen molar-refractivity contribution < 1.29 is 4.79 Å². The first-order chi connectivity index (χ1) is 13.0. The summed E-state index contributed by atoms with van der Waals surface area (Å²) >= 11 is 0. The first-order valence-corrected chi connectivity index (χ1v) is 10.6. The third-order valence-electron chi connectivity index (χ3n) is 6.89. The number of amides is 1. The molecule has 3 aliphatic rings. The van der Waals surface area contributed by atoms with Gasteiger partial charge in [0.2, 0.25) is 5.91 Å². The van der Waals surface area contributed by atoms with E-state index in [1.807, 2.05) is 6.92 Å². The lowest BCUT2D eigenvalue weighted by Crippen LogP contribution is -2.55. The monoisotopic (exact) mass is 371 g/mol. The Balaban J connectivity index is 1.43. The number of hydrogen-bond donors (Lipinski definition) is 0. The molecule has 1 aromatic heterocycles. The molecule has 1 aromatic rings. The van der Waals surface area contributed by atoms with Gasteiger partial charge in [0, 0.05) is 50.4 Å². The molecule has 148 valence electrons. The number of piperidine rings is 2. The van der Waals surface area contributed by atoms with E-state index in [0.29, 0.717) is 17.4 Å². The molecule has 0 aliphatic carbocycles. The Morgan fingerprint density at radius 2 is 1.96 bits per heavy atom. The number of nitrogens with zero attached hydrogens (tertiary/aromatic N) is 5. The van der Waals surface area contributed by atoms with Gasteiger partial charge < -0.3 is 14.7 Å². The van der Waals surface area contributed by atoms with E-state index >= 15 is 0 Å². The summed E-state index contributed by atoms with van der Waals surface area (Å²) < 4.78 is 0. The van der Waals surface area contributed by atoms with Gasteiger partial charge in [-0.1, -0.05) is 6.92 Å². The van der Waals surface area contributed by atoms with Crippen molar-refractivity contribution in [3.05, 3.63) is 17.6 Å². The van der Waals surface area contributed by atoms with Gasteiger partial charge in [0.15, 0.2) is 0 Å². The Labute approximate surface area is 162 Å². The minimum Gasteiger partial charge on any atom is -0.356 e. The molecule has 3 aliphatic heterocycles. The Bertz CT molecular complexity index is 698. The summed E-state index contributed by atoms with van der Waals surface area (Å²) in [6.45, 7) is 9.30. The van der Waals surface area contributed by atoms with E-state index < -0.39 is 0 Å². The first-order valence-electron chi connectivity index (χ1n) is 10.6. The Kier molecular flexibility index (Phi) is 5.10. The van der Waals surface area contributed by atoms with Crippen molar-refractivity contribution >= 4 is 11.7 Å². The number of likely N-dealkylation sites (tertiary alicyclic amines) is 2. The lowest BCUT2D eigenvalue weighted by atomic mass is 9.72. The molecule has 6 heteroatoms. The topological polar surface area (TPSA) is 52.6 Å². The van der Waals surface area contributed by atoms with Crippen molar-refractivity contribution in [2.24, 2.45) is 5.41 Å². The maximum atomic E-state index is 12.6. The van der Waals surface area contributed by atoms with Crippen LogP contribution in [0.5, 0.6) is 0 Å². The minimum absolute atomic E-state index is 0.307. The number of likely N-dealkylation sites (N-methyl/N-ethyl adjacent to an activating group) is 1. The molecule has 1 atom stereocenters. The van der Waals surface area contributed by atoms with Gasteiger partial charge in [-0.05, 0) is 58.0 Å². The smallest absolute Gasteiger partial charge is 0.222 e. The van der Waals surface area contributed by atoms with Gasteiger partial charge in [0.1, 0.15) is 11.6 Å². The van der Waals surface area contributed by atoms with Crippen LogP contribution in [0.25, 0.3) is 0 Å². The number of rotatable bonds is 3. The summed E-state index contributed by atoms with van der Waals surface area (Å²) in [4.78, 5) is 28.8. The molecule has 4 rings (SSSR count). The molecule has 1 amide bonds. The molecular formula is C21H33N5O. The zero-order chi connectivity index (χ0) is 19.0. The van der Waals surface area contributed by atoms with E-state index in [4.69, 9.17) is 0 Å². The standard InChI is InChI=1S/C21H33N5O/c1-4-17-13-19(23-16(2)22-17)25-11-8-21(9-12-25)7-5-20(27)26(15-21)18-6-10-24(3)14-18/h13,18H,4-12,14-15H2,1-3H3. The number of aromatic nitrogens is 2. The van der Waals surface area contributed by atoms with Crippen molar-refractivity contribution in [2.75, 3.05) is 44.7 Å². The van der Waals surface area contributed by atoms with Crippen LogP contribution in [0.4, 0.5) is 5.82 Å². The van der Waals surface area contributed by atoms with Crippen LogP contribution in [-0.4, -0.2) is 71.5 Å². The third kappa shape index (κ3) is 3.82. The lowest BCUT2D eigenvalue weighted by Gasteiger charge is -2.49. The Morgan fingerprint density at radius 3 is 2.63 bits per heavy atom. The zero-order valence-electron chi connectivity index (χ0n) is 17.1. The van der Waals surface area contributed by atoms with Crippen LogP contribution in [0.3, 0.4) is 0 Å². The quantitative estimate of drug-likeness (QED) is 0.816. The zero-order valence-corrected chi connectivity index (χ0v) is 17.1. The molecule has 0 aromatic carbocycles. The average molecular weight is 372 g/mol. The van der Waals surface area contributed by atoms with Crippen LogP contribution in [0.2, 0.25) is 0 Å². The highest BCUT2D eigenvalue weighted by Gasteiger charge is 2.43. The largest absolute Gasteiger partial charge is 0.356 e. The van der Waals surface area contributed by atoms with Crippen LogP contribution in [-0.2, 0) is 11.2 Å². The van der Waals surface area contributed by atoms with E-state index in [2.05, 4.69) is 44.7 Å². The lowest BCUT2D eigenvalue weighted by molar-refractivity contribution is -0.141. The molecule has 6 nitrogen and oxygen atoms in total. The predicted molar refractivity (Wildman–Crippen MR) is 107 cm³/mol. The maximum absolute atomic E-state index is 12.6. The molecule has 0 N–H and O–H groups in total. The first kappa shape index (κ1) is 18.7. The van der Waals surface area contributed by atoms with Crippen molar-refractivity contribution in [3.8, 4) is 0 Å². The highest BCUT2D eigenvalue weighted by atomic mass is 16.2.